The zero-order chi connectivity index (χ0) is 30.9. The number of carbonyl (C=O) groups excluding carboxylic acids is 1. The van der Waals surface area contributed by atoms with Crippen LogP contribution in [-0.4, -0.2) is 64.4 Å². The number of halogens is 3. The van der Waals surface area contributed by atoms with Gasteiger partial charge in [0.25, 0.3) is 5.91 Å². The van der Waals surface area contributed by atoms with Crippen molar-refractivity contribution in [3.63, 3.8) is 0 Å². The van der Waals surface area contributed by atoms with Crippen molar-refractivity contribution in [1.29, 1.82) is 0 Å². The second kappa shape index (κ2) is 12.7. The smallest absolute Gasteiger partial charge is 0.433 e. The predicted octanol–water partition coefficient (Wildman–Crippen LogP) is 6.83. The van der Waals surface area contributed by atoms with Gasteiger partial charge in [-0.15, -0.1) is 0 Å². The van der Waals surface area contributed by atoms with Crippen LogP contribution in [0.3, 0.4) is 0 Å². The number of benzene rings is 1. The van der Waals surface area contributed by atoms with Crippen molar-refractivity contribution < 1.29 is 22.7 Å². The molecule has 2 saturated carbocycles. The number of alkyl halides is 3. The molecule has 0 bridgehead atoms. The van der Waals surface area contributed by atoms with Gasteiger partial charge in [-0.3, -0.25) is 14.4 Å². The van der Waals surface area contributed by atoms with E-state index in [1.165, 1.54) is 70.9 Å². The van der Waals surface area contributed by atoms with E-state index in [0.29, 0.717) is 35.0 Å². The molecule has 1 spiro atoms. The second-order valence-electron chi connectivity index (χ2n) is 12.9. The van der Waals surface area contributed by atoms with Gasteiger partial charge in [0.15, 0.2) is 0 Å². The molecule has 1 saturated heterocycles. The number of piperidine rings is 1. The number of amides is 1. The molecule has 6 rings (SSSR count). The Labute approximate surface area is 256 Å². The zero-order valence-corrected chi connectivity index (χ0v) is 25.6. The molecule has 8 nitrogen and oxygen atoms in total. The van der Waals surface area contributed by atoms with E-state index in [9.17, 15) is 18.0 Å². The molecule has 1 aromatic carbocycles. The Morgan fingerprint density at radius 3 is 2.43 bits per heavy atom. The fourth-order valence-electron chi connectivity index (χ4n) is 7.90. The van der Waals surface area contributed by atoms with E-state index in [1.807, 2.05) is 10.9 Å². The normalized spacial score (nSPS) is 22.9. The van der Waals surface area contributed by atoms with Crippen molar-refractivity contribution in [2.24, 2.45) is 5.41 Å². The van der Waals surface area contributed by atoms with Gasteiger partial charge >= 0.3 is 6.18 Å². The highest BCUT2D eigenvalue weighted by molar-refractivity contribution is 6.05. The number of ether oxygens (including phenoxy) is 1. The number of methoxy groups -OCH3 is 1. The summed E-state index contributed by atoms with van der Waals surface area (Å²) in [5.41, 5.74) is 0.235. The number of fused-ring (bicyclic) bond motifs is 1. The lowest BCUT2D eigenvalue weighted by atomic mass is 9.67. The number of nitrogens with one attached hydrogen (secondary N) is 2. The van der Waals surface area contributed by atoms with Crippen LogP contribution in [-0.2, 0) is 6.18 Å². The van der Waals surface area contributed by atoms with Crippen LogP contribution in [0.5, 0.6) is 5.75 Å². The molecule has 3 aliphatic rings. The maximum absolute atomic E-state index is 13.1. The summed E-state index contributed by atoms with van der Waals surface area (Å²) in [5, 5.41) is 11.9. The van der Waals surface area contributed by atoms with Gasteiger partial charge < -0.3 is 15.4 Å². The van der Waals surface area contributed by atoms with Crippen molar-refractivity contribution in [3.05, 3.63) is 47.9 Å². The third kappa shape index (κ3) is 6.44. The quantitative estimate of drug-likeness (QED) is 0.304. The van der Waals surface area contributed by atoms with Crippen molar-refractivity contribution in [1.82, 2.24) is 25.0 Å². The number of carbonyl (C=O) groups is 1. The summed E-state index contributed by atoms with van der Waals surface area (Å²) in [6.07, 6.45) is 9.82. The lowest BCUT2D eigenvalue weighted by molar-refractivity contribution is -0.141. The van der Waals surface area contributed by atoms with Gasteiger partial charge in [-0.1, -0.05) is 13.0 Å². The first-order chi connectivity index (χ1) is 21.2. The summed E-state index contributed by atoms with van der Waals surface area (Å²) in [4.78, 5) is 19.1. The topological polar surface area (TPSA) is 84.3 Å². The van der Waals surface area contributed by atoms with Crippen LogP contribution in [0.2, 0.25) is 0 Å². The molecule has 238 valence electrons. The predicted molar refractivity (Wildman–Crippen MR) is 164 cm³/mol. The fourth-order valence-corrected chi connectivity index (χ4v) is 7.90. The third-order valence-electron chi connectivity index (χ3n) is 10.4. The highest BCUT2D eigenvalue weighted by Crippen LogP contribution is 2.45. The van der Waals surface area contributed by atoms with Gasteiger partial charge in [0.1, 0.15) is 17.1 Å². The average Bonchev–Trinajstić information content (AvgIpc) is 3.45. The van der Waals surface area contributed by atoms with Gasteiger partial charge in [0, 0.05) is 29.7 Å². The van der Waals surface area contributed by atoms with Gasteiger partial charge in [-0.2, -0.15) is 18.3 Å². The molecular formula is C33H43F3N6O2. The largest absolute Gasteiger partial charge is 0.494 e. The lowest BCUT2D eigenvalue weighted by Crippen LogP contribution is -2.49. The van der Waals surface area contributed by atoms with E-state index in [2.05, 4.69) is 27.4 Å². The molecule has 0 atom stereocenters. The standard InChI is InChI=1S/C33H43F3N6O2/c1-3-41(24-11-13-32(14-12-24)15-17-37-18-16-32)23-7-9-25(10-8-23)42-21-22-19-28(29(44-2)20-27(22)40-42)39-31(43)26-5-4-6-30(38-26)33(34,35)36/h4-6,19-21,23-25,37H,3,7-18H2,1-2H3,(H,39,43)/t23-,25-. The summed E-state index contributed by atoms with van der Waals surface area (Å²) < 4.78 is 46.9. The molecule has 0 unspecified atom stereocenters. The van der Waals surface area contributed by atoms with Crippen molar-refractivity contribution in [2.75, 3.05) is 32.1 Å². The van der Waals surface area contributed by atoms with E-state index in [-0.39, 0.29) is 5.69 Å². The molecule has 2 aromatic heterocycles. The number of hydrogen-bond acceptors (Lipinski definition) is 6. The van der Waals surface area contributed by atoms with E-state index in [0.717, 1.165) is 49.2 Å². The van der Waals surface area contributed by atoms with Gasteiger partial charge in [-0.05, 0) is 107 Å². The Balaban J connectivity index is 1.10. The number of rotatable bonds is 7. The monoisotopic (exact) mass is 612 g/mol. The second-order valence-corrected chi connectivity index (χ2v) is 12.9. The first-order valence-electron chi connectivity index (χ1n) is 16.1. The summed E-state index contributed by atoms with van der Waals surface area (Å²) >= 11 is 0. The summed E-state index contributed by atoms with van der Waals surface area (Å²) in [7, 11) is 1.48. The fraction of sp³-hybridized carbons (Fsp3) is 0.606. The molecule has 2 aliphatic carbocycles. The summed E-state index contributed by atoms with van der Waals surface area (Å²) in [5.74, 6) is -0.368. The minimum absolute atomic E-state index is 0.292. The van der Waals surface area contributed by atoms with Gasteiger partial charge in [0.2, 0.25) is 0 Å². The van der Waals surface area contributed by atoms with E-state index >= 15 is 0 Å². The maximum atomic E-state index is 13.1. The Kier molecular flexibility index (Phi) is 8.88. The molecule has 2 N–H and O–H groups in total. The van der Waals surface area contributed by atoms with Crippen molar-refractivity contribution in [2.45, 2.75) is 95.4 Å². The third-order valence-corrected chi connectivity index (χ3v) is 10.4. The molecule has 3 aromatic rings. The van der Waals surface area contributed by atoms with E-state index in [1.54, 1.807) is 12.1 Å². The Bertz CT molecular complexity index is 1450. The summed E-state index contributed by atoms with van der Waals surface area (Å²) in [6, 6.07) is 8.37. The van der Waals surface area contributed by atoms with Crippen molar-refractivity contribution >= 4 is 22.5 Å². The molecule has 3 heterocycles. The van der Waals surface area contributed by atoms with Crippen LogP contribution < -0.4 is 15.4 Å². The minimum Gasteiger partial charge on any atom is -0.494 e. The van der Waals surface area contributed by atoms with E-state index < -0.39 is 17.8 Å². The average molecular weight is 613 g/mol. The Hall–Kier alpha value is -3.18. The molecule has 11 heteroatoms. The maximum Gasteiger partial charge on any atom is 0.433 e. The van der Waals surface area contributed by atoms with Crippen molar-refractivity contribution in [3.8, 4) is 5.75 Å². The van der Waals surface area contributed by atoms with E-state index in [4.69, 9.17) is 9.84 Å². The number of aromatic nitrogens is 3. The number of hydrogen-bond donors (Lipinski definition) is 2. The molecule has 3 fully saturated rings. The highest BCUT2D eigenvalue weighted by atomic mass is 19.4. The Morgan fingerprint density at radius 2 is 1.77 bits per heavy atom. The Morgan fingerprint density at radius 1 is 1.07 bits per heavy atom. The minimum atomic E-state index is -4.64. The number of anilines is 1. The molecular weight excluding hydrogens is 569 g/mol. The molecule has 0 radical (unpaired) electrons. The first kappa shape index (κ1) is 30.8. The SMILES string of the molecule is CCN(C1CCC2(CCNCC2)CC1)[C@H]1CC[C@H](n2cc3cc(NC(=O)c4cccc(C(F)(F)F)n4)c(OC)cc3n2)CC1. The summed E-state index contributed by atoms with van der Waals surface area (Å²) in [6.45, 7) is 5.77. The molecule has 44 heavy (non-hydrogen) atoms. The van der Waals surface area contributed by atoms with Crippen LogP contribution in [0.1, 0.15) is 93.4 Å². The highest BCUT2D eigenvalue weighted by Gasteiger charge is 2.39. The molecule has 1 amide bonds. The molecule has 1 aliphatic heterocycles. The zero-order valence-electron chi connectivity index (χ0n) is 25.6. The number of pyridine rings is 1. The van der Waals surface area contributed by atoms with Gasteiger partial charge in [0.05, 0.1) is 24.4 Å². The van der Waals surface area contributed by atoms with Crippen LogP contribution in [0, 0.1) is 5.41 Å². The van der Waals surface area contributed by atoms with Crippen LogP contribution >= 0.6 is 0 Å². The number of nitrogens with zero attached hydrogens (tertiary/aromatic N) is 4. The lowest BCUT2D eigenvalue weighted by Gasteiger charge is -2.48. The van der Waals surface area contributed by atoms with Crippen LogP contribution in [0.15, 0.2) is 36.5 Å². The van der Waals surface area contributed by atoms with Crippen LogP contribution in [0.4, 0.5) is 18.9 Å². The van der Waals surface area contributed by atoms with Crippen LogP contribution in [0.25, 0.3) is 10.9 Å². The van der Waals surface area contributed by atoms with Gasteiger partial charge in [-0.25, -0.2) is 4.98 Å². The first-order valence-corrected chi connectivity index (χ1v) is 16.1.